The van der Waals surface area contributed by atoms with Crippen molar-refractivity contribution in [1.82, 2.24) is 19.6 Å². The fourth-order valence-electron chi connectivity index (χ4n) is 1.21. The van der Waals surface area contributed by atoms with Gasteiger partial charge in [-0.05, 0) is 6.92 Å². The van der Waals surface area contributed by atoms with Gasteiger partial charge in [0.05, 0.1) is 5.69 Å². The van der Waals surface area contributed by atoms with Gasteiger partial charge in [-0.1, -0.05) is 0 Å². The van der Waals surface area contributed by atoms with Gasteiger partial charge < -0.3 is 5.11 Å². The molecule has 2 heterocycles. The van der Waals surface area contributed by atoms with Crippen LogP contribution in [0.15, 0.2) is 11.1 Å². The van der Waals surface area contributed by atoms with Gasteiger partial charge in [-0.25, -0.2) is 14.8 Å². The van der Waals surface area contributed by atoms with Crippen LogP contribution in [0.3, 0.4) is 0 Å². The molecule has 0 atom stereocenters. The normalized spacial score (nSPS) is 10.6. The number of carboxylic acid groups (broad SMARTS) is 1. The molecule has 0 saturated carbocycles. The maximum absolute atomic E-state index is 11.5. The number of aromatic carboxylic acids is 1. The number of H-pyrrole nitrogens is 1. The van der Waals surface area contributed by atoms with Gasteiger partial charge in [-0.2, -0.15) is 4.52 Å². The first-order chi connectivity index (χ1) is 6.61. The first-order valence-corrected chi connectivity index (χ1v) is 3.77. The molecule has 0 fully saturated rings. The number of fused-ring (bicyclic) bond motifs is 1. The Morgan fingerprint density at radius 3 is 3.00 bits per heavy atom. The Bertz CT molecular complexity index is 568. The van der Waals surface area contributed by atoms with Crippen LogP contribution < -0.4 is 5.56 Å². The lowest BCUT2D eigenvalue weighted by molar-refractivity contribution is 0.0693. The van der Waals surface area contributed by atoms with E-state index in [1.165, 1.54) is 13.3 Å². The van der Waals surface area contributed by atoms with Crippen LogP contribution in [0.2, 0.25) is 0 Å². The zero-order valence-corrected chi connectivity index (χ0v) is 7.18. The van der Waals surface area contributed by atoms with Crippen molar-refractivity contribution in [3.8, 4) is 0 Å². The third-order valence-corrected chi connectivity index (χ3v) is 1.83. The summed E-state index contributed by atoms with van der Waals surface area (Å²) in [7, 11) is 0. The third kappa shape index (κ3) is 0.987. The highest BCUT2D eigenvalue weighted by atomic mass is 16.4. The van der Waals surface area contributed by atoms with Crippen molar-refractivity contribution < 1.29 is 9.90 Å². The number of carbonyl (C=O) groups is 1. The lowest BCUT2D eigenvalue weighted by atomic mass is 10.2. The van der Waals surface area contributed by atoms with Crippen LogP contribution in [-0.2, 0) is 0 Å². The van der Waals surface area contributed by atoms with E-state index in [1.807, 2.05) is 0 Å². The second-order valence-corrected chi connectivity index (χ2v) is 2.71. The van der Waals surface area contributed by atoms with Crippen molar-refractivity contribution in [1.29, 1.82) is 0 Å². The highest BCUT2D eigenvalue weighted by Gasteiger charge is 2.16. The second-order valence-electron chi connectivity index (χ2n) is 2.71. The maximum atomic E-state index is 11.5. The molecule has 2 aromatic rings. The number of aromatic amines is 1. The Hall–Kier alpha value is -2.18. The Morgan fingerprint density at radius 1 is 1.64 bits per heavy atom. The van der Waals surface area contributed by atoms with Crippen LogP contribution in [0.4, 0.5) is 0 Å². The van der Waals surface area contributed by atoms with E-state index in [4.69, 9.17) is 5.11 Å². The van der Waals surface area contributed by atoms with E-state index in [-0.39, 0.29) is 17.0 Å². The average Bonchev–Trinajstić information content (AvgIpc) is 2.50. The standard InChI is InChI=1S/C7H6N4O3/c1-3-4(6(13)14)5(12)11-7(10-3)8-2-9-11/h2H,1H3,(H,13,14)(H,8,9,10). The largest absolute Gasteiger partial charge is 0.477 e. The number of carboxylic acids is 1. The minimum Gasteiger partial charge on any atom is -0.477 e. The van der Waals surface area contributed by atoms with E-state index in [2.05, 4.69) is 15.1 Å². The van der Waals surface area contributed by atoms with Crippen molar-refractivity contribution >= 4 is 11.7 Å². The molecule has 2 aromatic heterocycles. The molecular formula is C7H6N4O3. The van der Waals surface area contributed by atoms with Gasteiger partial charge in [0.2, 0.25) is 0 Å². The third-order valence-electron chi connectivity index (χ3n) is 1.83. The van der Waals surface area contributed by atoms with Gasteiger partial charge in [-0.15, -0.1) is 0 Å². The number of rotatable bonds is 1. The van der Waals surface area contributed by atoms with Crippen molar-refractivity contribution in [2.45, 2.75) is 6.92 Å². The molecule has 0 aliphatic rings. The monoisotopic (exact) mass is 194 g/mol. The molecule has 0 spiro atoms. The minimum absolute atomic E-state index is 0.162. The Balaban J connectivity index is 2.97. The number of nitrogens with one attached hydrogen (secondary N) is 1. The van der Waals surface area contributed by atoms with Gasteiger partial charge in [-0.3, -0.25) is 9.89 Å². The molecule has 0 radical (unpaired) electrons. The Kier molecular flexibility index (Phi) is 1.60. The van der Waals surface area contributed by atoms with E-state index in [0.29, 0.717) is 0 Å². The van der Waals surface area contributed by atoms with Crippen LogP contribution in [0.5, 0.6) is 0 Å². The quantitative estimate of drug-likeness (QED) is 0.632. The summed E-state index contributed by atoms with van der Waals surface area (Å²) in [6.07, 6.45) is 1.27. The van der Waals surface area contributed by atoms with Gasteiger partial charge in [0.1, 0.15) is 11.9 Å². The maximum Gasteiger partial charge on any atom is 0.343 e. The molecule has 0 unspecified atom stereocenters. The van der Waals surface area contributed by atoms with Gasteiger partial charge in [0.25, 0.3) is 11.3 Å². The molecule has 7 nitrogen and oxygen atoms in total. The molecule has 0 saturated heterocycles. The molecule has 72 valence electrons. The van der Waals surface area contributed by atoms with E-state index < -0.39 is 11.5 Å². The van der Waals surface area contributed by atoms with Crippen molar-refractivity contribution in [3.63, 3.8) is 0 Å². The summed E-state index contributed by atoms with van der Waals surface area (Å²) in [5, 5.41) is 11.2. The predicted octanol–water partition coefficient (Wildman–Crippen LogP) is -0.576. The Labute approximate surface area is 77.0 Å². The van der Waals surface area contributed by atoms with E-state index in [9.17, 15) is 9.59 Å². The lowest BCUT2D eigenvalue weighted by Crippen LogP contribution is -2.25. The Morgan fingerprint density at radius 2 is 2.36 bits per heavy atom. The predicted molar refractivity (Wildman–Crippen MR) is 45.3 cm³/mol. The highest BCUT2D eigenvalue weighted by Crippen LogP contribution is 1.99. The molecule has 0 aromatic carbocycles. The van der Waals surface area contributed by atoms with Gasteiger partial charge >= 0.3 is 5.97 Å². The molecule has 0 amide bonds. The van der Waals surface area contributed by atoms with E-state index >= 15 is 0 Å². The van der Waals surface area contributed by atoms with Crippen molar-refractivity contribution in [2.24, 2.45) is 0 Å². The van der Waals surface area contributed by atoms with Crippen molar-refractivity contribution in [2.75, 3.05) is 0 Å². The summed E-state index contributed by atoms with van der Waals surface area (Å²) < 4.78 is 0.983. The first-order valence-electron chi connectivity index (χ1n) is 3.77. The van der Waals surface area contributed by atoms with Crippen molar-refractivity contribution in [3.05, 3.63) is 27.9 Å². The second kappa shape index (κ2) is 2.66. The summed E-state index contributed by atoms with van der Waals surface area (Å²) >= 11 is 0. The molecule has 2 N–H and O–H groups in total. The van der Waals surface area contributed by atoms with E-state index in [1.54, 1.807) is 0 Å². The van der Waals surface area contributed by atoms with E-state index in [0.717, 1.165) is 4.52 Å². The minimum atomic E-state index is -1.29. The molecule has 0 aliphatic carbocycles. The molecular weight excluding hydrogens is 188 g/mol. The molecule has 14 heavy (non-hydrogen) atoms. The van der Waals surface area contributed by atoms with Crippen LogP contribution in [0.25, 0.3) is 5.78 Å². The number of aryl methyl sites for hydroxylation is 1. The number of hydrogen-bond acceptors (Lipinski definition) is 4. The average molecular weight is 194 g/mol. The fourth-order valence-corrected chi connectivity index (χ4v) is 1.21. The van der Waals surface area contributed by atoms with Gasteiger partial charge in [0, 0.05) is 0 Å². The van der Waals surface area contributed by atoms with Gasteiger partial charge in [0.15, 0.2) is 0 Å². The summed E-state index contributed by atoms with van der Waals surface area (Å²) in [5.41, 5.74) is -0.834. The van der Waals surface area contributed by atoms with Crippen LogP contribution in [-0.4, -0.2) is 30.7 Å². The smallest absolute Gasteiger partial charge is 0.343 e. The fraction of sp³-hybridized carbons (Fsp3) is 0.143. The number of aromatic nitrogens is 4. The molecule has 7 heteroatoms. The summed E-state index contributed by atoms with van der Waals surface area (Å²) in [4.78, 5) is 29.8. The van der Waals surface area contributed by atoms with Crippen LogP contribution in [0, 0.1) is 6.92 Å². The zero-order chi connectivity index (χ0) is 10.3. The summed E-state index contributed by atoms with van der Waals surface area (Å²) in [5.74, 6) is -1.12. The summed E-state index contributed by atoms with van der Waals surface area (Å²) in [6.45, 7) is 1.46. The SMILES string of the molecule is Cc1nc2nc[nH]n2c(=O)c1C(=O)O. The molecule has 0 aliphatic heterocycles. The highest BCUT2D eigenvalue weighted by molar-refractivity contribution is 5.88. The van der Waals surface area contributed by atoms with Crippen LogP contribution >= 0.6 is 0 Å². The first kappa shape index (κ1) is 8.42. The summed E-state index contributed by atoms with van der Waals surface area (Å²) in [6, 6.07) is 0. The number of hydrogen-bond donors (Lipinski definition) is 2. The lowest BCUT2D eigenvalue weighted by Gasteiger charge is -1.98. The number of nitrogens with zero attached hydrogens (tertiary/aromatic N) is 3. The molecule has 0 bridgehead atoms. The topological polar surface area (TPSA) is 100 Å². The van der Waals surface area contributed by atoms with Crippen LogP contribution in [0.1, 0.15) is 16.1 Å². The zero-order valence-electron chi connectivity index (χ0n) is 7.18. The molecule has 2 rings (SSSR count).